The van der Waals surface area contributed by atoms with Crippen molar-refractivity contribution in [2.24, 2.45) is 5.73 Å². The number of nitrogens with zero attached hydrogens (tertiary/aromatic N) is 1. The summed E-state index contributed by atoms with van der Waals surface area (Å²) in [5.74, 6) is -0.253. The quantitative estimate of drug-likeness (QED) is 0.911. The molecule has 2 N–H and O–H groups in total. The van der Waals surface area contributed by atoms with Gasteiger partial charge in [-0.3, -0.25) is 0 Å². The molecule has 0 spiro atoms. The minimum Gasteiger partial charge on any atom is -0.324 e. The normalized spacial score (nSPS) is 12.7. The van der Waals surface area contributed by atoms with Crippen molar-refractivity contribution in [3.63, 3.8) is 0 Å². The monoisotopic (exact) mass is 254 g/mol. The van der Waals surface area contributed by atoms with Gasteiger partial charge in [0.15, 0.2) is 4.34 Å². The van der Waals surface area contributed by atoms with Crippen LogP contribution in [0, 0.1) is 5.82 Å². The smallest absolute Gasteiger partial charge is 0.154 e. The van der Waals surface area contributed by atoms with Crippen LogP contribution in [0.25, 0.3) is 0 Å². The summed E-state index contributed by atoms with van der Waals surface area (Å²) < 4.78 is 14.5. The van der Waals surface area contributed by atoms with Gasteiger partial charge in [0.1, 0.15) is 5.82 Å². The lowest BCUT2D eigenvalue weighted by Crippen LogP contribution is -2.08. The summed E-state index contributed by atoms with van der Waals surface area (Å²) in [6.45, 7) is 1.78. The standard InChI is InChI=1S/C11H11FN2S2/c1-7(13)10-8(12)3-2-4-9(10)16-11-14-5-6-15-11/h2-7H,13H2,1H3. The van der Waals surface area contributed by atoms with E-state index >= 15 is 0 Å². The van der Waals surface area contributed by atoms with Gasteiger partial charge in [-0.2, -0.15) is 0 Å². The summed E-state index contributed by atoms with van der Waals surface area (Å²) in [7, 11) is 0. The van der Waals surface area contributed by atoms with E-state index in [4.69, 9.17) is 5.73 Å². The summed E-state index contributed by atoms with van der Waals surface area (Å²) in [6, 6.07) is 4.68. The first kappa shape index (κ1) is 11.6. The Labute approximate surface area is 102 Å². The number of hydrogen-bond donors (Lipinski definition) is 1. The van der Waals surface area contributed by atoms with Crippen LogP contribution in [-0.4, -0.2) is 4.98 Å². The van der Waals surface area contributed by atoms with Crippen LogP contribution in [0.4, 0.5) is 4.39 Å². The second-order valence-corrected chi connectivity index (χ2v) is 5.52. The van der Waals surface area contributed by atoms with Gasteiger partial charge in [0.25, 0.3) is 0 Å². The van der Waals surface area contributed by atoms with Crippen molar-refractivity contribution < 1.29 is 4.39 Å². The summed E-state index contributed by atoms with van der Waals surface area (Å²) in [5.41, 5.74) is 6.33. The predicted octanol–water partition coefficient (Wildman–Crippen LogP) is 3.45. The van der Waals surface area contributed by atoms with E-state index in [0.717, 1.165) is 9.24 Å². The van der Waals surface area contributed by atoms with Gasteiger partial charge >= 0.3 is 0 Å². The lowest BCUT2D eigenvalue weighted by Gasteiger charge is -2.11. The molecule has 1 atom stereocenters. The van der Waals surface area contributed by atoms with E-state index in [1.54, 1.807) is 19.2 Å². The van der Waals surface area contributed by atoms with Crippen LogP contribution in [-0.2, 0) is 0 Å². The molecule has 1 aromatic carbocycles. The van der Waals surface area contributed by atoms with E-state index in [-0.39, 0.29) is 11.9 Å². The third kappa shape index (κ3) is 2.42. The number of hydrogen-bond acceptors (Lipinski definition) is 4. The first-order valence-electron chi connectivity index (χ1n) is 4.80. The van der Waals surface area contributed by atoms with Gasteiger partial charge in [0.05, 0.1) is 0 Å². The Morgan fingerprint density at radius 1 is 1.50 bits per heavy atom. The average molecular weight is 254 g/mol. The maximum atomic E-state index is 13.6. The van der Waals surface area contributed by atoms with Crippen molar-refractivity contribution in [2.75, 3.05) is 0 Å². The SMILES string of the molecule is CC(N)c1c(F)cccc1Sc1nccs1. The third-order valence-corrected chi connectivity index (χ3v) is 4.03. The van der Waals surface area contributed by atoms with Gasteiger partial charge in [0.2, 0.25) is 0 Å². The number of thiazole rings is 1. The molecule has 0 saturated heterocycles. The van der Waals surface area contributed by atoms with Crippen molar-refractivity contribution in [1.82, 2.24) is 4.98 Å². The Morgan fingerprint density at radius 2 is 2.31 bits per heavy atom. The largest absolute Gasteiger partial charge is 0.324 e. The zero-order chi connectivity index (χ0) is 11.5. The summed E-state index contributed by atoms with van der Waals surface area (Å²) in [6.07, 6.45) is 1.73. The Hall–Kier alpha value is -0.910. The molecular weight excluding hydrogens is 243 g/mol. The van der Waals surface area contributed by atoms with Crippen LogP contribution in [0.15, 0.2) is 39.0 Å². The van der Waals surface area contributed by atoms with Gasteiger partial charge in [-0.15, -0.1) is 11.3 Å². The zero-order valence-corrected chi connectivity index (χ0v) is 10.3. The molecule has 1 unspecified atom stereocenters. The molecule has 0 bridgehead atoms. The van der Waals surface area contributed by atoms with Crippen molar-refractivity contribution in [3.8, 4) is 0 Å². The van der Waals surface area contributed by atoms with Crippen LogP contribution in [0.5, 0.6) is 0 Å². The van der Waals surface area contributed by atoms with Crippen molar-refractivity contribution in [1.29, 1.82) is 0 Å². The molecule has 84 valence electrons. The topological polar surface area (TPSA) is 38.9 Å². The molecule has 5 heteroatoms. The first-order chi connectivity index (χ1) is 7.68. The highest BCUT2D eigenvalue weighted by atomic mass is 32.2. The average Bonchev–Trinajstić information content (AvgIpc) is 2.70. The molecule has 2 rings (SSSR count). The van der Waals surface area contributed by atoms with E-state index in [2.05, 4.69) is 4.98 Å². The molecule has 0 aliphatic carbocycles. The second-order valence-electron chi connectivity index (χ2n) is 3.34. The highest BCUT2D eigenvalue weighted by molar-refractivity contribution is 8.01. The minimum absolute atomic E-state index is 0.253. The summed E-state index contributed by atoms with van der Waals surface area (Å²) in [5, 5.41) is 1.90. The number of aromatic nitrogens is 1. The van der Waals surface area contributed by atoms with Crippen molar-refractivity contribution >= 4 is 23.1 Å². The molecule has 0 radical (unpaired) electrons. The van der Waals surface area contributed by atoms with Crippen molar-refractivity contribution in [2.45, 2.75) is 22.2 Å². The molecule has 0 amide bonds. The third-order valence-electron chi connectivity index (χ3n) is 2.08. The fourth-order valence-corrected chi connectivity index (χ4v) is 3.23. The number of nitrogens with two attached hydrogens (primary N) is 1. The highest BCUT2D eigenvalue weighted by Crippen LogP contribution is 2.34. The van der Waals surface area contributed by atoms with Gasteiger partial charge < -0.3 is 5.73 Å². The molecule has 0 aliphatic heterocycles. The zero-order valence-electron chi connectivity index (χ0n) is 8.68. The number of rotatable bonds is 3. The Balaban J connectivity index is 2.37. The molecule has 1 aromatic heterocycles. The van der Waals surface area contributed by atoms with Gasteiger partial charge in [-0.25, -0.2) is 9.37 Å². The molecule has 0 fully saturated rings. The van der Waals surface area contributed by atoms with Crippen LogP contribution < -0.4 is 5.73 Å². The Bertz CT molecular complexity index is 469. The molecular formula is C11H11FN2S2. The Kier molecular flexibility index (Phi) is 3.58. The van der Waals surface area contributed by atoms with E-state index in [1.165, 1.54) is 29.2 Å². The lowest BCUT2D eigenvalue weighted by atomic mass is 10.1. The molecule has 2 nitrogen and oxygen atoms in total. The predicted molar refractivity (Wildman–Crippen MR) is 65.2 cm³/mol. The van der Waals surface area contributed by atoms with Gasteiger partial charge in [-0.1, -0.05) is 17.8 Å². The number of halogens is 1. The molecule has 1 heterocycles. The first-order valence-corrected chi connectivity index (χ1v) is 6.49. The molecule has 0 saturated carbocycles. The van der Waals surface area contributed by atoms with Crippen LogP contribution in [0.3, 0.4) is 0 Å². The summed E-state index contributed by atoms with van der Waals surface area (Å²) >= 11 is 2.98. The van der Waals surface area contributed by atoms with Gasteiger partial charge in [0, 0.05) is 28.1 Å². The fourth-order valence-electron chi connectivity index (χ4n) is 1.40. The van der Waals surface area contributed by atoms with E-state index in [1.807, 2.05) is 11.4 Å². The highest BCUT2D eigenvalue weighted by Gasteiger charge is 2.13. The van der Waals surface area contributed by atoms with Crippen molar-refractivity contribution in [3.05, 3.63) is 41.2 Å². The van der Waals surface area contributed by atoms with E-state index in [0.29, 0.717) is 5.56 Å². The van der Waals surface area contributed by atoms with Crippen LogP contribution in [0.1, 0.15) is 18.5 Å². The van der Waals surface area contributed by atoms with Crippen LogP contribution in [0.2, 0.25) is 0 Å². The van der Waals surface area contributed by atoms with E-state index < -0.39 is 0 Å². The van der Waals surface area contributed by atoms with Gasteiger partial charge in [-0.05, 0) is 19.1 Å². The second kappa shape index (κ2) is 4.95. The number of benzene rings is 1. The summed E-state index contributed by atoms with van der Waals surface area (Å²) in [4.78, 5) is 5.00. The van der Waals surface area contributed by atoms with Crippen LogP contribution >= 0.6 is 23.1 Å². The maximum Gasteiger partial charge on any atom is 0.154 e. The fraction of sp³-hybridized carbons (Fsp3) is 0.182. The Morgan fingerprint density at radius 3 is 2.94 bits per heavy atom. The molecule has 16 heavy (non-hydrogen) atoms. The lowest BCUT2D eigenvalue weighted by molar-refractivity contribution is 0.585. The maximum absolute atomic E-state index is 13.6. The molecule has 2 aromatic rings. The molecule has 0 aliphatic rings. The van der Waals surface area contributed by atoms with E-state index in [9.17, 15) is 4.39 Å². The minimum atomic E-state index is -0.316.